The normalized spacial score (nSPS) is 14.1. The lowest BCUT2D eigenvalue weighted by atomic mass is 9.96. The summed E-state index contributed by atoms with van der Waals surface area (Å²) >= 11 is 3.90. The van der Waals surface area contributed by atoms with E-state index >= 15 is 0 Å². The molecule has 0 aliphatic heterocycles. The van der Waals surface area contributed by atoms with Crippen molar-refractivity contribution in [2.24, 2.45) is 0 Å². The van der Waals surface area contributed by atoms with Gasteiger partial charge in [0.2, 0.25) is 5.95 Å². The predicted molar refractivity (Wildman–Crippen MR) is 252 cm³/mol. The SMILES string of the molecule is BrC1=CCCC=C1Cn1c(-c2ccccc2)c(-c2ccccc2)c2cc(-c3ccc4c(c3)c3ccccc3n4-c3nc(C4=CCCC=C4)nc(-c4ccccc4)n3)ccc21. The molecule has 60 heavy (non-hydrogen) atoms. The fourth-order valence-corrected chi connectivity index (χ4v) is 9.47. The molecule has 288 valence electrons. The van der Waals surface area contributed by atoms with Crippen molar-refractivity contribution in [2.75, 3.05) is 0 Å². The van der Waals surface area contributed by atoms with Crippen molar-refractivity contribution in [3.8, 4) is 50.8 Å². The summed E-state index contributed by atoms with van der Waals surface area (Å²) in [7, 11) is 0. The Hall–Kier alpha value is -6.89. The Morgan fingerprint density at radius 2 is 1.10 bits per heavy atom. The lowest BCUT2D eigenvalue weighted by Gasteiger charge is -2.17. The van der Waals surface area contributed by atoms with Crippen molar-refractivity contribution in [3.63, 3.8) is 0 Å². The van der Waals surface area contributed by atoms with Crippen LogP contribution in [-0.4, -0.2) is 24.1 Å². The van der Waals surface area contributed by atoms with Gasteiger partial charge in [0.1, 0.15) is 0 Å². The van der Waals surface area contributed by atoms with Crippen LogP contribution in [0.15, 0.2) is 192 Å². The van der Waals surface area contributed by atoms with Gasteiger partial charge >= 0.3 is 0 Å². The van der Waals surface area contributed by atoms with Crippen LogP contribution in [0.25, 0.3) is 89.1 Å². The number of nitrogens with zero attached hydrogens (tertiary/aromatic N) is 5. The molecule has 3 heterocycles. The van der Waals surface area contributed by atoms with Crippen LogP contribution < -0.4 is 0 Å². The lowest BCUT2D eigenvalue weighted by molar-refractivity contribution is 0.824. The minimum Gasteiger partial charge on any atom is -0.335 e. The first-order chi connectivity index (χ1) is 29.7. The van der Waals surface area contributed by atoms with Gasteiger partial charge in [-0.2, -0.15) is 9.97 Å². The smallest absolute Gasteiger partial charge is 0.238 e. The summed E-state index contributed by atoms with van der Waals surface area (Å²) in [6, 6.07) is 54.4. The average molecular weight is 839 g/mol. The average Bonchev–Trinajstić information content (AvgIpc) is 3.82. The molecule has 2 aliphatic carbocycles. The Kier molecular flexibility index (Phi) is 9.28. The van der Waals surface area contributed by atoms with Crippen LogP contribution in [0.5, 0.6) is 0 Å². The monoisotopic (exact) mass is 837 g/mol. The van der Waals surface area contributed by atoms with E-state index in [2.05, 4.69) is 189 Å². The van der Waals surface area contributed by atoms with E-state index in [1.807, 2.05) is 18.2 Å². The number of hydrogen-bond acceptors (Lipinski definition) is 3. The molecule has 0 unspecified atom stereocenters. The first-order valence-corrected chi connectivity index (χ1v) is 21.5. The van der Waals surface area contributed by atoms with Gasteiger partial charge in [-0.05, 0) is 83.8 Å². The van der Waals surface area contributed by atoms with Gasteiger partial charge in [-0.15, -0.1) is 0 Å². The number of benzene rings is 6. The molecule has 9 aromatic rings. The maximum Gasteiger partial charge on any atom is 0.238 e. The first kappa shape index (κ1) is 36.2. The van der Waals surface area contributed by atoms with Gasteiger partial charge in [-0.3, -0.25) is 4.57 Å². The second-order valence-corrected chi connectivity index (χ2v) is 16.4. The van der Waals surface area contributed by atoms with E-state index < -0.39 is 0 Å². The maximum atomic E-state index is 5.17. The maximum absolute atomic E-state index is 5.17. The second-order valence-electron chi connectivity index (χ2n) is 15.5. The van der Waals surface area contributed by atoms with Crippen LogP contribution in [0.2, 0.25) is 0 Å². The zero-order valence-electron chi connectivity index (χ0n) is 33.0. The number of rotatable bonds is 8. The molecule has 0 fully saturated rings. The highest BCUT2D eigenvalue weighted by Gasteiger charge is 2.23. The fourth-order valence-electron chi connectivity index (χ4n) is 8.96. The molecule has 6 heteroatoms. The molecule has 6 aromatic carbocycles. The molecule has 0 atom stereocenters. The van der Waals surface area contributed by atoms with Gasteiger partial charge in [-0.1, -0.05) is 168 Å². The van der Waals surface area contributed by atoms with Crippen molar-refractivity contribution >= 4 is 54.2 Å². The Morgan fingerprint density at radius 1 is 0.483 bits per heavy atom. The van der Waals surface area contributed by atoms with Crippen LogP contribution in [0.1, 0.15) is 31.5 Å². The molecule has 0 spiro atoms. The number of allylic oxidation sites excluding steroid dienone is 8. The van der Waals surface area contributed by atoms with E-state index in [-0.39, 0.29) is 0 Å². The number of hydrogen-bond donors (Lipinski definition) is 0. The minimum atomic E-state index is 0.607. The third-order valence-corrected chi connectivity index (χ3v) is 12.6. The Balaban J connectivity index is 1.11. The standard InChI is InChI=1S/C54H40BrN5/c55-46-27-15-13-25-42(46)35-59-47-31-29-41(34-45(47)50(36-17-5-1-6-18-36)51(59)37-19-7-2-8-20-37)40-30-32-49-44(33-40)43-26-14-16-28-48(43)60(49)54-57-52(38-21-9-3-10-22-38)56-53(58-54)39-23-11-4-12-24-39/h1-3,5-11,14,16-34H,4,12-13,15,35H2. The fraction of sp³-hybridized carbons (Fsp3) is 0.0926. The molecule has 0 amide bonds. The van der Waals surface area contributed by atoms with Crippen LogP contribution in [0.4, 0.5) is 0 Å². The largest absolute Gasteiger partial charge is 0.335 e. The summed E-state index contributed by atoms with van der Waals surface area (Å²) in [6.45, 7) is 0.772. The van der Waals surface area contributed by atoms with Gasteiger partial charge in [0, 0.05) is 49.4 Å². The quantitative estimate of drug-likeness (QED) is 0.153. The molecule has 0 bridgehead atoms. The second kappa shape index (κ2) is 15.4. The summed E-state index contributed by atoms with van der Waals surface area (Å²) in [6.07, 6.45) is 15.4. The zero-order valence-corrected chi connectivity index (χ0v) is 34.6. The predicted octanol–water partition coefficient (Wildman–Crippen LogP) is 14.3. The van der Waals surface area contributed by atoms with Crippen LogP contribution in [0.3, 0.4) is 0 Å². The van der Waals surface area contributed by atoms with Crippen LogP contribution in [-0.2, 0) is 6.54 Å². The van der Waals surface area contributed by atoms with Crippen molar-refractivity contribution in [1.29, 1.82) is 0 Å². The topological polar surface area (TPSA) is 48.5 Å². The molecule has 3 aromatic heterocycles. The Bertz CT molecular complexity index is 3220. The number of para-hydroxylation sites is 1. The minimum absolute atomic E-state index is 0.607. The van der Waals surface area contributed by atoms with E-state index in [0.717, 1.165) is 76.3 Å². The molecule has 5 nitrogen and oxygen atoms in total. The highest BCUT2D eigenvalue weighted by Crippen LogP contribution is 2.44. The van der Waals surface area contributed by atoms with Crippen LogP contribution >= 0.6 is 15.9 Å². The first-order valence-electron chi connectivity index (χ1n) is 20.7. The molecule has 2 aliphatic rings. The van der Waals surface area contributed by atoms with E-state index in [0.29, 0.717) is 17.6 Å². The summed E-state index contributed by atoms with van der Waals surface area (Å²) in [4.78, 5) is 15.3. The molecular formula is C54H40BrN5. The molecule has 0 N–H and O–H groups in total. The molecule has 0 saturated heterocycles. The van der Waals surface area contributed by atoms with Gasteiger partial charge in [0.25, 0.3) is 0 Å². The lowest BCUT2D eigenvalue weighted by Crippen LogP contribution is -2.08. The molecule has 0 radical (unpaired) electrons. The van der Waals surface area contributed by atoms with Crippen molar-refractivity contribution in [1.82, 2.24) is 24.1 Å². The number of halogens is 1. The van der Waals surface area contributed by atoms with Crippen LogP contribution in [0, 0.1) is 0 Å². The van der Waals surface area contributed by atoms with Gasteiger partial charge in [0.05, 0.1) is 16.7 Å². The summed E-state index contributed by atoms with van der Waals surface area (Å²) in [5.74, 6) is 1.95. The van der Waals surface area contributed by atoms with Crippen molar-refractivity contribution in [3.05, 3.63) is 198 Å². The van der Waals surface area contributed by atoms with Gasteiger partial charge < -0.3 is 4.57 Å². The Morgan fingerprint density at radius 3 is 1.83 bits per heavy atom. The van der Waals surface area contributed by atoms with Crippen molar-refractivity contribution < 1.29 is 0 Å². The number of fused-ring (bicyclic) bond motifs is 4. The third-order valence-electron chi connectivity index (χ3n) is 11.8. The van der Waals surface area contributed by atoms with E-state index in [1.165, 1.54) is 43.3 Å². The van der Waals surface area contributed by atoms with Gasteiger partial charge in [-0.25, -0.2) is 4.98 Å². The third kappa shape index (κ3) is 6.45. The van der Waals surface area contributed by atoms with E-state index in [4.69, 9.17) is 15.0 Å². The zero-order chi connectivity index (χ0) is 40.0. The highest BCUT2D eigenvalue weighted by molar-refractivity contribution is 9.12. The molecule has 11 rings (SSSR count). The summed E-state index contributed by atoms with van der Waals surface area (Å²) in [5.41, 5.74) is 13.8. The highest BCUT2D eigenvalue weighted by atomic mass is 79.9. The van der Waals surface area contributed by atoms with E-state index in [9.17, 15) is 0 Å². The van der Waals surface area contributed by atoms with Crippen molar-refractivity contribution in [2.45, 2.75) is 32.2 Å². The van der Waals surface area contributed by atoms with E-state index in [1.54, 1.807) is 0 Å². The summed E-state index contributed by atoms with van der Waals surface area (Å²) < 4.78 is 5.91. The Labute approximate surface area is 357 Å². The number of aromatic nitrogens is 5. The molecular weight excluding hydrogens is 799 g/mol. The van der Waals surface area contributed by atoms with Gasteiger partial charge in [0.15, 0.2) is 11.6 Å². The summed E-state index contributed by atoms with van der Waals surface area (Å²) in [5, 5.41) is 3.53. The molecule has 0 saturated carbocycles.